The quantitative estimate of drug-likeness (QED) is 0.485. The Labute approximate surface area is 116 Å². The van der Waals surface area contributed by atoms with Crippen LogP contribution < -0.4 is 11.1 Å². The van der Waals surface area contributed by atoms with Crippen molar-refractivity contribution in [2.24, 2.45) is 5.73 Å². The van der Waals surface area contributed by atoms with Crippen LogP contribution in [-0.4, -0.2) is 60.1 Å². The van der Waals surface area contributed by atoms with Crippen molar-refractivity contribution in [2.45, 2.75) is 25.8 Å². The average molecular weight is 289 g/mol. The molecule has 9 nitrogen and oxygen atoms in total. The van der Waals surface area contributed by atoms with Crippen LogP contribution in [0.2, 0.25) is 0 Å². The summed E-state index contributed by atoms with van der Waals surface area (Å²) in [5.41, 5.74) is 4.98. The number of ether oxygens (including phenoxy) is 1. The third-order valence-corrected chi connectivity index (χ3v) is 2.48. The number of carboxylic acid groups (broad SMARTS) is 1. The first-order chi connectivity index (χ1) is 9.31. The molecule has 1 atom stereocenters. The maximum absolute atomic E-state index is 11.8. The van der Waals surface area contributed by atoms with E-state index in [-0.39, 0.29) is 25.9 Å². The molecule has 0 aliphatic heterocycles. The fourth-order valence-electron chi connectivity index (χ4n) is 1.38. The molecule has 0 rings (SSSR count). The number of carbonyl (C=O) groups excluding carboxylic acids is 3. The molecule has 20 heavy (non-hydrogen) atoms. The molecular weight excluding hydrogens is 270 g/mol. The number of esters is 1. The van der Waals surface area contributed by atoms with Crippen LogP contribution in [0.25, 0.3) is 0 Å². The highest BCUT2D eigenvalue weighted by molar-refractivity contribution is 5.86. The van der Waals surface area contributed by atoms with Gasteiger partial charge < -0.3 is 25.8 Å². The fourth-order valence-corrected chi connectivity index (χ4v) is 1.38. The van der Waals surface area contributed by atoms with E-state index in [0.29, 0.717) is 0 Å². The van der Waals surface area contributed by atoms with Gasteiger partial charge in [0.25, 0.3) is 0 Å². The smallest absolute Gasteiger partial charge is 0.326 e. The van der Waals surface area contributed by atoms with Crippen LogP contribution in [0.1, 0.15) is 19.8 Å². The normalized spacial score (nSPS) is 11.3. The Balaban J connectivity index is 4.56. The summed E-state index contributed by atoms with van der Waals surface area (Å²) in [6, 6.07) is -1.98. The van der Waals surface area contributed by atoms with Crippen molar-refractivity contribution in [2.75, 3.05) is 20.2 Å². The van der Waals surface area contributed by atoms with Crippen LogP contribution >= 0.6 is 0 Å². The van der Waals surface area contributed by atoms with Crippen molar-refractivity contribution in [3.63, 3.8) is 0 Å². The van der Waals surface area contributed by atoms with E-state index in [0.717, 1.165) is 4.90 Å². The number of nitrogens with zero attached hydrogens (tertiary/aromatic N) is 1. The lowest BCUT2D eigenvalue weighted by Gasteiger charge is -2.22. The highest BCUT2D eigenvalue weighted by atomic mass is 16.5. The van der Waals surface area contributed by atoms with Crippen LogP contribution in [0, 0.1) is 0 Å². The third-order valence-electron chi connectivity index (χ3n) is 2.48. The fraction of sp³-hybridized carbons (Fsp3) is 0.636. The Bertz CT molecular complexity index is 384. The lowest BCUT2D eigenvalue weighted by atomic mass is 10.1. The molecule has 0 bridgehead atoms. The zero-order chi connectivity index (χ0) is 15.7. The van der Waals surface area contributed by atoms with Gasteiger partial charge in [0.05, 0.1) is 7.11 Å². The average Bonchev–Trinajstić information content (AvgIpc) is 2.39. The van der Waals surface area contributed by atoms with Crippen LogP contribution in [0.3, 0.4) is 0 Å². The number of amides is 3. The van der Waals surface area contributed by atoms with Crippen molar-refractivity contribution in [3.05, 3.63) is 0 Å². The van der Waals surface area contributed by atoms with Gasteiger partial charge in [-0.25, -0.2) is 9.59 Å². The Morgan fingerprint density at radius 1 is 1.35 bits per heavy atom. The number of nitrogens with one attached hydrogen (secondary N) is 1. The molecule has 0 aromatic heterocycles. The van der Waals surface area contributed by atoms with Crippen LogP contribution in [0.5, 0.6) is 0 Å². The molecule has 0 unspecified atom stereocenters. The lowest BCUT2D eigenvalue weighted by Crippen LogP contribution is -2.50. The molecule has 0 heterocycles. The molecule has 3 amide bonds. The first kappa shape index (κ1) is 17.7. The van der Waals surface area contributed by atoms with E-state index in [1.807, 2.05) is 0 Å². The molecular formula is C11H19N3O6. The number of urea groups is 1. The van der Waals surface area contributed by atoms with Gasteiger partial charge in [-0.3, -0.25) is 9.59 Å². The van der Waals surface area contributed by atoms with Crippen LogP contribution in [0.4, 0.5) is 4.79 Å². The molecule has 0 saturated carbocycles. The third kappa shape index (κ3) is 6.57. The number of aliphatic carboxylic acids is 1. The van der Waals surface area contributed by atoms with Crippen LogP contribution in [0.15, 0.2) is 0 Å². The molecule has 114 valence electrons. The van der Waals surface area contributed by atoms with Gasteiger partial charge in [0.1, 0.15) is 12.6 Å². The van der Waals surface area contributed by atoms with E-state index in [1.165, 1.54) is 7.11 Å². The monoisotopic (exact) mass is 289 g/mol. The first-order valence-corrected chi connectivity index (χ1v) is 5.95. The van der Waals surface area contributed by atoms with Gasteiger partial charge in [0, 0.05) is 13.0 Å². The van der Waals surface area contributed by atoms with Gasteiger partial charge in [-0.2, -0.15) is 0 Å². The first-order valence-electron chi connectivity index (χ1n) is 5.95. The van der Waals surface area contributed by atoms with Gasteiger partial charge in [-0.05, 0) is 13.3 Å². The lowest BCUT2D eigenvalue weighted by molar-refractivity contribution is -0.142. The molecule has 0 aromatic carbocycles. The van der Waals surface area contributed by atoms with E-state index in [2.05, 4.69) is 10.1 Å². The minimum Gasteiger partial charge on any atom is -0.480 e. The number of likely N-dealkylation sites (N-methyl/N-ethyl adjacent to an activating group) is 1. The van der Waals surface area contributed by atoms with Crippen molar-refractivity contribution in [1.29, 1.82) is 0 Å². The molecule has 0 radical (unpaired) electrons. The van der Waals surface area contributed by atoms with Gasteiger partial charge >= 0.3 is 18.0 Å². The maximum Gasteiger partial charge on any atom is 0.326 e. The summed E-state index contributed by atoms with van der Waals surface area (Å²) in [6.45, 7) is 1.50. The number of carbonyl (C=O) groups is 4. The predicted molar refractivity (Wildman–Crippen MR) is 67.6 cm³/mol. The van der Waals surface area contributed by atoms with Gasteiger partial charge in [-0.1, -0.05) is 0 Å². The molecule has 0 fully saturated rings. The Morgan fingerprint density at radius 3 is 2.35 bits per heavy atom. The van der Waals surface area contributed by atoms with E-state index >= 15 is 0 Å². The second-order valence-corrected chi connectivity index (χ2v) is 3.94. The Hall–Kier alpha value is -2.32. The highest BCUT2D eigenvalue weighted by Gasteiger charge is 2.24. The molecule has 4 N–H and O–H groups in total. The second kappa shape index (κ2) is 8.73. The topological polar surface area (TPSA) is 139 Å². The number of methoxy groups -OCH3 is 1. The minimum atomic E-state index is -1.28. The van der Waals surface area contributed by atoms with Crippen molar-refractivity contribution >= 4 is 23.9 Å². The molecule has 0 spiro atoms. The summed E-state index contributed by atoms with van der Waals surface area (Å²) in [6.07, 6.45) is -0.252. The summed E-state index contributed by atoms with van der Waals surface area (Å²) in [4.78, 5) is 45.6. The van der Waals surface area contributed by atoms with Crippen LogP contribution in [-0.2, 0) is 19.1 Å². The van der Waals surface area contributed by atoms with Crippen molar-refractivity contribution < 1.29 is 29.0 Å². The minimum absolute atomic E-state index is 0.109. The highest BCUT2D eigenvalue weighted by Crippen LogP contribution is 2.01. The summed E-state index contributed by atoms with van der Waals surface area (Å²) >= 11 is 0. The molecule has 9 heteroatoms. The second-order valence-electron chi connectivity index (χ2n) is 3.94. The maximum atomic E-state index is 11.8. The number of carboxylic acids is 1. The Morgan fingerprint density at radius 2 is 1.95 bits per heavy atom. The van der Waals surface area contributed by atoms with Crippen molar-refractivity contribution in [1.82, 2.24) is 10.2 Å². The number of nitrogens with two attached hydrogens (primary N) is 1. The van der Waals surface area contributed by atoms with E-state index in [4.69, 9.17) is 10.8 Å². The summed E-state index contributed by atoms with van der Waals surface area (Å²) in [5.74, 6) is -2.56. The van der Waals surface area contributed by atoms with E-state index in [1.54, 1.807) is 6.92 Å². The predicted octanol–water partition coefficient (Wildman–Crippen LogP) is -1.09. The molecule has 0 saturated heterocycles. The number of primary amides is 1. The summed E-state index contributed by atoms with van der Waals surface area (Å²) in [7, 11) is 1.18. The van der Waals surface area contributed by atoms with Crippen molar-refractivity contribution in [3.8, 4) is 0 Å². The standard InChI is InChI=1S/C11H19N3O6/c1-3-14(6-8(12)15)11(19)13-7(10(17)18)4-5-9(16)20-2/h7H,3-6H2,1-2H3,(H2,12,15)(H,13,19)(H,17,18)/t7-/m1/s1. The van der Waals surface area contributed by atoms with Gasteiger partial charge in [0.2, 0.25) is 5.91 Å². The SMILES string of the molecule is CCN(CC(N)=O)C(=O)N[C@H](CCC(=O)OC)C(=O)O. The van der Waals surface area contributed by atoms with Gasteiger partial charge in [0.15, 0.2) is 0 Å². The number of hydrogen-bond acceptors (Lipinski definition) is 5. The molecule has 0 aliphatic rings. The zero-order valence-electron chi connectivity index (χ0n) is 11.4. The van der Waals surface area contributed by atoms with E-state index in [9.17, 15) is 19.2 Å². The zero-order valence-corrected chi connectivity index (χ0v) is 11.4. The largest absolute Gasteiger partial charge is 0.480 e. The summed E-state index contributed by atoms with van der Waals surface area (Å²) < 4.78 is 4.39. The Kier molecular flexibility index (Phi) is 7.71. The summed E-state index contributed by atoms with van der Waals surface area (Å²) in [5, 5.41) is 11.2. The molecule has 0 aliphatic carbocycles. The molecule has 0 aromatic rings. The number of rotatable bonds is 8. The van der Waals surface area contributed by atoms with Gasteiger partial charge in [-0.15, -0.1) is 0 Å². The van der Waals surface area contributed by atoms with E-state index < -0.39 is 29.9 Å². The number of hydrogen-bond donors (Lipinski definition) is 3.